The Balaban J connectivity index is 2.05. The second-order valence-electron chi connectivity index (χ2n) is 5.35. The minimum atomic E-state index is -0.305. The quantitative estimate of drug-likeness (QED) is 0.878. The van der Waals surface area contributed by atoms with Crippen molar-refractivity contribution in [3.63, 3.8) is 0 Å². The van der Waals surface area contributed by atoms with E-state index in [4.69, 9.17) is 4.74 Å². The molecule has 0 heterocycles. The van der Waals surface area contributed by atoms with Crippen molar-refractivity contribution >= 4 is 0 Å². The van der Waals surface area contributed by atoms with Crippen molar-refractivity contribution in [3.05, 3.63) is 65.0 Å². The third-order valence-corrected chi connectivity index (χ3v) is 3.71. The molecule has 0 bridgehead atoms. The van der Waals surface area contributed by atoms with Gasteiger partial charge in [0.2, 0.25) is 0 Å². The highest BCUT2D eigenvalue weighted by Crippen LogP contribution is 2.19. The molecule has 1 unspecified atom stereocenters. The van der Waals surface area contributed by atoms with Gasteiger partial charge in [-0.25, -0.2) is 4.39 Å². The molecule has 0 saturated heterocycles. The van der Waals surface area contributed by atoms with Gasteiger partial charge in [0.1, 0.15) is 0 Å². The standard InChI is InChI=1S/C18H22FNO/c1-13-4-6-14(7-5-13)10-16(20-2)11-15-8-9-18(21-3)17(19)12-15/h4-9,12,16,20H,10-11H2,1-3H3. The maximum atomic E-state index is 13.7. The number of rotatable bonds is 6. The lowest BCUT2D eigenvalue weighted by Crippen LogP contribution is -2.29. The molecule has 2 nitrogen and oxygen atoms in total. The van der Waals surface area contributed by atoms with Crippen LogP contribution in [0.2, 0.25) is 0 Å². The monoisotopic (exact) mass is 287 g/mol. The maximum absolute atomic E-state index is 13.7. The summed E-state index contributed by atoms with van der Waals surface area (Å²) < 4.78 is 18.7. The molecule has 0 radical (unpaired) electrons. The molecule has 0 fully saturated rings. The Kier molecular flexibility index (Phi) is 5.34. The molecule has 2 aromatic carbocycles. The summed E-state index contributed by atoms with van der Waals surface area (Å²) in [6.45, 7) is 2.08. The first kappa shape index (κ1) is 15.5. The molecular weight excluding hydrogens is 265 g/mol. The van der Waals surface area contributed by atoms with Crippen LogP contribution in [0.4, 0.5) is 4.39 Å². The van der Waals surface area contributed by atoms with E-state index in [0.717, 1.165) is 18.4 Å². The molecule has 0 aliphatic heterocycles. The van der Waals surface area contributed by atoms with E-state index in [0.29, 0.717) is 5.75 Å². The molecule has 3 heteroatoms. The van der Waals surface area contributed by atoms with Crippen LogP contribution in [-0.2, 0) is 12.8 Å². The van der Waals surface area contributed by atoms with E-state index in [1.54, 1.807) is 12.1 Å². The number of methoxy groups -OCH3 is 1. The zero-order valence-electron chi connectivity index (χ0n) is 12.8. The van der Waals surface area contributed by atoms with Gasteiger partial charge in [0.15, 0.2) is 11.6 Å². The van der Waals surface area contributed by atoms with Gasteiger partial charge in [-0.15, -0.1) is 0 Å². The van der Waals surface area contributed by atoms with Crippen LogP contribution in [0.15, 0.2) is 42.5 Å². The Morgan fingerprint density at radius 3 is 2.24 bits per heavy atom. The first-order chi connectivity index (χ1) is 10.1. The molecule has 1 atom stereocenters. The molecule has 21 heavy (non-hydrogen) atoms. The molecule has 0 aliphatic carbocycles. The fourth-order valence-electron chi connectivity index (χ4n) is 2.41. The van der Waals surface area contributed by atoms with Crippen molar-refractivity contribution < 1.29 is 9.13 Å². The molecule has 0 aromatic heterocycles. The molecule has 112 valence electrons. The number of halogens is 1. The lowest BCUT2D eigenvalue weighted by atomic mass is 9.98. The third kappa shape index (κ3) is 4.30. The van der Waals surface area contributed by atoms with Crippen LogP contribution in [0.3, 0.4) is 0 Å². The van der Waals surface area contributed by atoms with Crippen LogP contribution >= 0.6 is 0 Å². The van der Waals surface area contributed by atoms with Crippen molar-refractivity contribution in [2.75, 3.05) is 14.2 Å². The molecule has 2 rings (SSSR count). The number of hydrogen-bond acceptors (Lipinski definition) is 2. The minimum Gasteiger partial charge on any atom is -0.494 e. The fourth-order valence-corrected chi connectivity index (χ4v) is 2.41. The Morgan fingerprint density at radius 1 is 1.05 bits per heavy atom. The van der Waals surface area contributed by atoms with Crippen molar-refractivity contribution in [2.24, 2.45) is 0 Å². The van der Waals surface area contributed by atoms with E-state index in [-0.39, 0.29) is 11.9 Å². The highest BCUT2D eigenvalue weighted by molar-refractivity contribution is 5.30. The van der Waals surface area contributed by atoms with E-state index >= 15 is 0 Å². The summed E-state index contributed by atoms with van der Waals surface area (Å²) in [5.41, 5.74) is 3.52. The SMILES string of the molecule is CNC(Cc1ccc(C)cc1)Cc1ccc(OC)c(F)c1. The second-order valence-corrected chi connectivity index (χ2v) is 5.35. The Bertz CT molecular complexity index is 580. The van der Waals surface area contributed by atoms with Crippen LogP contribution in [-0.4, -0.2) is 20.2 Å². The lowest BCUT2D eigenvalue weighted by molar-refractivity contribution is 0.386. The van der Waals surface area contributed by atoms with Crippen LogP contribution in [0, 0.1) is 12.7 Å². The highest BCUT2D eigenvalue weighted by Gasteiger charge is 2.10. The number of likely N-dealkylation sites (N-methyl/N-ethyl adjacent to an activating group) is 1. The number of aryl methyl sites for hydroxylation is 1. The second kappa shape index (κ2) is 7.23. The summed E-state index contributed by atoms with van der Waals surface area (Å²) in [6, 6.07) is 14.0. The minimum absolute atomic E-state index is 0.278. The zero-order valence-corrected chi connectivity index (χ0v) is 12.8. The largest absolute Gasteiger partial charge is 0.494 e. The van der Waals surface area contributed by atoms with Gasteiger partial charge in [-0.3, -0.25) is 0 Å². The van der Waals surface area contributed by atoms with Gasteiger partial charge in [-0.2, -0.15) is 0 Å². The Hall–Kier alpha value is -1.87. The average molecular weight is 287 g/mol. The normalized spacial score (nSPS) is 12.2. The molecule has 2 aromatic rings. The number of ether oxygens (including phenoxy) is 1. The van der Waals surface area contributed by atoms with Gasteiger partial charge < -0.3 is 10.1 Å². The van der Waals surface area contributed by atoms with Crippen LogP contribution < -0.4 is 10.1 Å². The lowest BCUT2D eigenvalue weighted by Gasteiger charge is -2.17. The summed E-state index contributed by atoms with van der Waals surface area (Å²) in [7, 11) is 3.42. The van der Waals surface area contributed by atoms with Gasteiger partial charge in [0.25, 0.3) is 0 Å². The van der Waals surface area contributed by atoms with Gasteiger partial charge in [0, 0.05) is 6.04 Å². The van der Waals surface area contributed by atoms with Crippen molar-refractivity contribution in [1.29, 1.82) is 0 Å². The summed E-state index contributed by atoms with van der Waals surface area (Å²) in [5, 5.41) is 3.31. The number of hydrogen-bond donors (Lipinski definition) is 1. The summed E-state index contributed by atoms with van der Waals surface area (Å²) in [5.74, 6) is -0.0153. The van der Waals surface area contributed by atoms with Gasteiger partial charge in [-0.1, -0.05) is 35.9 Å². The van der Waals surface area contributed by atoms with Gasteiger partial charge in [-0.05, 0) is 50.1 Å². The van der Waals surface area contributed by atoms with Crippen LogP contribution in [0.25, 0.3) is 0 Å². The van der Waals surface area contributed by atoms with E-state index in [1.165, 1.54) is 18.2 Å². The molecule has 0 amide bonds. The predicted octanol–water partition coefficient (Wildman–Crippen LogP) is 3.52. The smallest absolute Gasteiger partial charge is 0.165 e. The maximum Gasteiger partial charge on any atom is 0.165 e. The first-order valence-corrected chi connectivity index (χ1v) is 7.17. The van der Waals surface area contributed by atoms with E-state index in [1.807, 2.05) is 13.1 Å². The van der Waals surface area contributed by atoms with Crippen molar-refractivity contribution in [3.8, 4) is 5.75 Å². The van der Waals surface area contributed by atoms with E-state index < -0.39 is 0 Å². The number of nitrogens with one attached hydrogen (secondary N) is 1. The molecule has 1 N–H and O–H groups in total. The molecule has 0 spiro atoms. The summed E-state index contributed by atoms with van der Waals surface area (Å²) >= 11 is 0. The molecular formula is C18H22FNO. The van der Waals surface area contributed by atoms with Gasteiger partial charge >= 0.3 is 0 Å². The number of benzene rings is 2. The fraction of sp³-hybridized carbons (Fsp3) is 0.333. The van der Waals surface area contributed by atoms with Gasteiger partial charge in [0.05, 0.1) is 7.11 Å². The molecule has 0 aliphatic rings. The van der Waals surface area contributed by atoms with Crippen molar-refractivity contribution in [1.82, 2.24) is 5.32 Å². The van der Waals surface area contributed by atoms with Crippen LogP contribution in [0.1, 0.15) is 16.7 Å². The summed E-state index contributed by atoms with van der Waals surface area (Å²) in [6.07, 6.45) is 1.70. The van der Waals surface area contributed by atoms with E-state index in [9.17, 15) is 4.39 Å². The first-order valence-electron chi connectivity index (χ1n) is 7.17. The average Bonchev–Trinajstić information content (AvgIpc) is 2.49. The zero-order chi connectivity index (χ0) is 15.2. The third-order valence-electron chi connectivity index (χ3n) is 3.71. The topological polar surface area (TPSA) is 21.3 Å². The predicted molar refractivity (Wildman–Crippen MR) is 84.4 cm³/mol. The van der Waals surface area contributed by atoms with E-state index in [2.05, 4.69) is 36.5 Å². The molecule has 0 saturated carbocycles. The van der Waals surface area contributed by atoms with Crippen molar-refractivity contribution in [2.45, 2.75) is 25.8 Å². The Morgan fingerprint density at radius 2 is 1.67 bits per heavy atom. The summed E-state index contributed by atoms with van der Waals surface area (Å²) in [4.78, 5) is 0. The Labute approximate surface area is 126 Å². The highest BCUT2D eigenvalue weighted by atomic mass is 19.1. The van der Waals surface area contributed by atoms with Crippen LogP contribution in [0.5, 0.6) is 5.75 Å².